The average molecular weight is 347 g/mol. The number of likely N-dealkylation sites (tertiary alicyclic amines) is 1. The van der Waals surface area contributed by atoms with E-state index in [1.54, 1.807) is 29.2 Å². The van der Waals surface area contributed by atoms with E-state index in [1.165, 1.54) is 6.08 Å². The smallest absolute Gasteiger partial charge is 0.246 e. The van der Waals surface area contributed by atoms with Crippen LogP contribution >= 0.6 is 0 Å². The Morgan fingerprint density at radius 1 is 1.46 bits per heavy atom. The van der Waals surface area contributed by atoms with E-state index in [2.05, 4.69) is 10.8 Å². The Hall–Kier alpha value is -2.17. The largest absolute Gasteiger partial charge is 0.335 e. The SMILES string of the molecule is CS(=O)(=O)NC[C@@H]1CCCCN1C(=O)/C=C/c1cccc(C#N)c1. The predicted octanol–water partition coefficient (Wildman–Crippen LogP) is 1.50. The highest BCUT2D eigenvalue weighted by atomic mass is 32.2. The number of sulfonamides is 1. The minimum absolute atomic E-state index is 0.129. The summed E-state index contributed by atoms with van der Waals surface area (Å²) in [6.45, 7) is 0.861. The topological polar surface area (TPSA) is 90.3 Å². The molecule has 1 aromatic carbocycles. The molecular weight excluding hydrogens is 326 g/mol. The number of hydrogen-bond acceptors (Lipinski definition) is 4. The van der Waals surface area contributed by atoms with Gasteiger partial charge in [0.1, 0.15) is 0 Å². The molecule has 24 heavy (non-hydrogen) atoms. The number of hydrogen-bond donors (Lipinski definition) is 1. The Bertz CT molecular complexity index is 766. The molecule has 128 valence electrons. The van der Waals surface area contributed by atoms with Crippen molar-refractivity contribution in [3.63, 3.8) is 0 Å². The van der Waals surface area contributed by atoms with Crippen molar-refractivity contribution >= 4 is 22.0 Å². The molecule has 0 unspecified atom stereocenters. The Morgan fingerprint density at radius 3 is 2.96 bits per heavy atom. The molecule has 0 radical (unpaired) electrons. The lowest BCUT2D eigenvalue weighted by atomic mass is 10.0. The first-order valence-electron chi connectivity index (χ1n) is 7.82. The van der Waals surface area contributed by atoms with Crippen molar-refractivity contribution in [2.24, 2.45) is 0 Å². The molecule has 1 fully saturated rings. The van der Waals surface area contributed by atoms with E-state index < -0.39 is 10.0 Å². The molecule has 0 aliphatic carbocycles. The molecule has 1 N–H and O–H groups in total. The first kappa shape index (κ1) is 18.2. The number of carbonyl (C=O) groups excluding carboxylic acids is 1. The molecular formula is C17H21N3O3S. The summed E-state index contributed by atoms with van der Waals surface area (Å²) in [5, 5.41) is 8.90. The normalized spacial score (nSPS) is 18.5. The van der Waals surface area contributed by atoms with E-state index >= 15 is 0 Å². The fourth-order valence-corrected chi connectivity index (χ4v) is 3.22. The fraction of sp³-hybridized carbons (Fsp3) is 0.412. The van der Waals surface area contributed by atoms with Crippen molar-refractivity contribution in [3.8, 4) is 6.07 Å². The van der Waals surface area contributed by atoms with Crippen LogP contribution in [0.25, 0.3) is 6.08 Å². The Balaban J connectivity index is 2.05. The summed E-state index contributed by atoms with van der Waals surface area (Å²) in [5.74, 6) is -0.141. The van der Waals surface area contributed by atoms with Crippen LogP contribution in [0, 0.1) is 11.3 Å². The second-order valence-electron chi connectivity index (χ2n) is 5.87. The lowest BCUT2D eigenvalue weighted by molar-refractivity contribution is -0.129. The summed E-state index contributed by atoms with van der Waals surface area (Å²) in [5.41, 5.74) is 1.32. The fourth-order valence-electron chi connectivity index (χ4n) is 2.73. The number of carbonyl (C=O) groups is 1. The highest BCUT2D eigenvalue weighted by Crippen LogP contribution is 2.17. The van der Waals surface area contributed by atoms with Gasteiger partial charge in [-0.15, -0.1) is 0 Å². The molecule has 1 amide bonds. The van der Waals surface area contributed by atoms with Crippen LogP contribution in [0.3, 0.4) is 0 Å². The molecule has 1 aromatic rings. The monoisotopic (exact) mass is 347 g/mol. The van der Waals surface area contributed by atoms with Crippen molar-refractivity contribution < 1.29 is 13.2 Å². The molecule has 6 nitrogen and oxygen atoms in total. The van der Waals surface area contributed by atoms with E-state index in [0.717, 1.165) is 31.1 Å². The van der Waals surface area contributed by atoms with Crippen molar-refractivity contribution in [1.29, 1.82) is 5.26 Å². The van der Waals surface area contributed by atoms with Gasteiger partial charge in [0.2, 0.25) is 15.9 Å². The molecule has 2 rings (SSSR count). The van der Waals surface area contributed by atoms with Crippen LogP contribution in [0.15, 0.2) is 30.3 Å². The number of nitriles is 1. The van der Waals surface area contributed by atoms with Crippen molar-refractivity contribution in [2.75, 3.05) is 19.3 Å². The van der Waals surface area contributed by atoms with Gasteiger partial charge in [0.15, 0.2) is 0 Å². The molecule has 0 bridgehead atoms. The van der Waals surface area contributed by atoms with Crippen molar-refractivity contribution in [2.45, 2.75) is 25.3 Å². The number of nitrogens with zero attached hydrogens (tertiary/aromatic N) is 2. The predicted molar refractivity (Wildman–Crippen MR) is 92.4 cm³/mol. The molecule has 1 aliphatic rings. The summed E-state index contributed by atoms with van der Waals surface area (Å²) in [7, 11) is -3.27. The molecule has 0 spiro atoms. The van der Waals surface area contributed by atoms with Crippen LogP contribution in [0.4, 0.5) is 0 Å². The van der Waals surface area contributed by atoms with E-state index in [-0.39, 0.29) is 18.5 Å². The Morgan fingerprint density at radius 2 is 2.25 bits per heavy atom. The summed E-state index contributed by atoms with van der Waals surface area (Å²) in [6, 6.07) is 8.94. The number of rotatable bonds is 5. The van der Waals surface area contributed by atoms with Crippen molar-refractivity contribution in [1.82, 2.24) is 9.62 Å². The number of benzene rings is 1. The van der Waals surface area contributed by atoms with Crippen molar-refractivity contribution in [3.05, 3.63) is 41.5 Å². The number of nitrogens with one attached hydrogen (secondary N) is 1. The van der Waals surface area contributed by atoms with Crippen LogP contribution in [0.1, 0.15) is 30.4 Å². The maximum Gasteiger partial charge on any atom is 0.246 e. The van der Waals surface area contributed by atoms with Gasteiger partial charge in [-0.05, 0) is 43.0 Å². The summed E-state index contributed by atoms with van der Waals surface area (Å²) >= 11 is 0. The highest BCUT2D eigenvalue weighted by molar-refractivity contribution is 7.88. The van der Waals surface area contributed by atoms with Gasteiger partial charge in [-0.25, -0.2) is 13.1 Å². The van der Waals surface area contributed by atoms with Gasteiger partial charge in [0.05, 0.1) is 17.9 Å². The minimum atomic E-state index is -3.27. The van der Waals surface area contributed by atoms with Crippen LogP contribution in [0.5, 0.6) is 0 Å². The van der Waals surface area contributed by atoms with Gasteiger partial charge in [0.25, 0.3) is 0 Å². The molecule has 1 saturated heterocycles. The van der Waals surface area contributed by atoms with Gasteiger partial charge in [-0.3, -0.25) is 4.79 Å². The van der Waals surface area contributed by atoms with Crippen LogP contribution in [-0.4, -0.2) is 44.6 Å². The number of piperidine rings is 1. The highest BCUT2D eigenvalue weighted by Gasteiger charge is 2.25. The lowest BCUT2D eigenvalue weighted by Crippen LogP contribution is -2.48. The minimum Gasteiger partial charge on any atom is -0.335 e. The molecule has 1 atom stereocenters. The zero-order valence-electron chi connectivity index (χ0n) is 13.6. The maximum atomic E-state index is 12.5. The van der Waals surface area contributed by atoms with Gasteiger partial charge in [0, 0.05) is 25.2 Å². The van der Waals surface area contributed by atoms with E-state index in [9.17, 15) is 13.2 Å². The lowest BCUT2D eigenvalue weighted by Gasteiger charge is -2.35. The molecule has 1 aliphatic heterocycles. The van der Waals surface area contributed by atoms with Gasteiger partial charge < -0.3 is 4.90 Å². The quantitative estimate of drug-likeness (QED) is 0.817. The first-order valence-corrected chi connectivity index (χ1v) is 9.71. The van der Waals surface area contributed by atoms with E-state index in [1.807, 2.05) is 6.07 Å². The average Bonchev–Trinajstić information content (AvgIpc) is 2.57. The molecule has 7 heteroatoms. The van der Waals surface area contributed by atoms with Crippen LogP contribution in [-0.2, 0) is 14.8 Å². The maximum absolute atomic E-state index is 12.5. The van der Waals surface area contributed by atoms with Crippen LogP contribution in [0.2, 0.25) is 0 Å². The molecule has 1 heterocycles. The zero-order chi connectivity index (χ0) is 17.6. The zero-order valence-corrected chi connectivity index (χ0v) is 14.4. The first-order chi connectivity index (χ1) is 11.4. The van der Waals surface area contributed by atoms with E-state index in [4.69, 9.17) is 5.26 Å². The molecule has 0 saturated carbocycles. The van der Waals surface area contributed by atoms with Gasteiger partial charge >= 0.3 is 0 Å². The van der Waals surface area contributed by atoms with Crippen LogP contribution < -0.4 is 4.72 Å². The summed E-state index contributed by atoms with van der Waals surface area (Å²) in [4.78, 5) is 14.2. The summed E-state index contributed by atoms with van der Waals surface area (Å²) < 4.78 is 25.0. The Labute approximate surface area is 142 Å². The summed E-state index contributed by atoms with van der Waals surface area (Å²) in [6.07, 6.45) is 6.96. The number of amides is 1. The molecule has 0 aromatic heterocycles. The van der Waals surface area contributed by atoms with E-state index in [0.29, 0.717) is 12.1 Å². The third-order valence-electron chi connectivity index (χ3n) is 3.93. The third-order valence-corrected chi connectivity index (χ3v) is 4.62. The second-order valence-corrected chi connectivity index (χ2v) is 7.71. The standard InChI is InChI=1S/C17H21N3O3S/c1-24(22,23)19-13-16-7-2-3-10-20(16)17(21)9-8-14-5-4-6-15(11-14)12-18/h4-6,8-9,11,16,19H,2-3,7,10,13H2,1H3/b9-8+/t16-/m0/s1. The second kappa shape index (κ2) is 8.08. The van der Waals surface area contributed by atoms with Gasteiger partial charge in [-0.2, -0.15) is 5.26 Å². The van der Waals surface area contributed by atoms with Gasteiger partial charge in [-0.1, -0.05) is 12.1 Å². The Kier molecular flexibility index (Phi) is 6.12. The third kappa shape index (κ3) is 5.48.